The summed E-state index contributed by atoms with van der Waals surface area (Å²) in [5.74, 6) is -1.94. The summed E-state index contributed by atoms with van der Waals surface area (Å²) in [4.78, 5) is 14.7. The highest BCUT2D eigenvalue weighted by atomic mass is 79.9. The zero-order valence-electron chi connectivity index (χ0n) is 8.84. The van der Waals surface area contributed by atoms with Crippen LogP contribution in [0.2, 0.25) is 0 Å². The second-order valence-electron chi connectivity index (χ2n) is 3.00. The molecule has 1 heterocycles. The molecule has 0 saturated heterocycles. The van der Waals surface area contributed by atoms with Gasteiger partial charge in [0.2, 0.25) is 0 Å². The molecule has 7 heteroatoms. The quantitative estimate of drug-likeness (QED) is 0.633. The minimum absolute atomic E-state index is 0.0680. The number of pyridine rings is 1. The van der Waals surface area contributed by atoms with Crippen molar-refractivity contribution in [1.82, 2.24) is 4.98 Å². The van der Waals surface area contributed by atoms with Gasteiger partial charge in [-0.05, 0) is 6.92 Å². The van der Waals surface area contributed by atoms with Crippen LogP contribution in [0, 0.1) is 5.82 Å². The summed E-state index contributed by atoms with van der Waals surface area (Å²) in [6.45, 7) is 1.63. The number of alkyl halides is 3. The van der Waals surface area contributed by atoms with Crippen molar-refractivity contribution in [3.63, 3.8) is 0 Å². The number of ether oxygens (including phenoxy) is 1. The normalized spacial score (nSPS) is 10.7. The predicted molar refractivity (Wildman–Crippen MR) is 57.7 cm³/mol. The van der Waals surface area contributed by atoms with Gasteiger partial charge in [-0.25, -0.2) is 18.0 Å². The van der Waals surface area contributed by atoms with Gasteiger partial charge in [-0.2, -0.15) is 0 Å². The molecule has 0 N–H and O–H groups in total. The third-order valence-corrected chi connectivity index (χ3v) is 2.54. The molecule has 0 amide bonds. The van der Waals surface area contributed by atoms with Crippen LogP contribution in [0.15, 0.2) is 6.20 Å². The van der Waals surface area contributed by atoms with Gasteiger partial charge < -0.3 is 4.74 Å². The molecule has 1 aromatic rings. The minimum Gasteiger partial charge on any atom is -0.462 e. The van der Waals surface area contributed by atoms with Crippen LogP contribution in [0.5, 0.6) is 0 Å². The van der Waals surface area contributed by atoms with Gasteiger partial charge in [0.15, 0.2) is 0 Å². The van der Waals surface area contributed by atoms with Gasteiger partial charge in [-0.15, -0.1) is 0 Å². The number of halogens is 4. The second-order valence-corrected chi connectivity index (χ2v) is 3.57. The number of aromatic nitrogens is 1. The molecule has 0 aliphatic rings. The molecule has 17 heavy (non-hydrogen) atoms. The van der Waals surface area contributed by atoms with Gasteiger partial charge in [0.05, 0.1) is 6.61 Å². The van der Waals surface area contributed by atoms with Crippen molar-refractivity contribution in [2.75, 3.05) is 6.61 Å². The lowest BCUT2D eigenvalue weighted by Gasteiger charge is -2.09. The van der Waals surface area contributed by atoms with Crippen molar-refractivity contribution in [1.29, 1.82) is 0 Å². The van der Waals surface area contributed by atoms with Crippen LogP contribution in [0.3, 0.4) is 0 Å². The Balaban J connectivity index is 3.24. The molecule has 0 aromatic carbocycles. The lowest BCUT2D eigenvalue weighted by atomic mass is 10.1. The first-order chi connectivity index (χ1) is 8.02. The molecule has 0 radical (unpaired) electrons. The van der Waals surface area contributed by atoms with E-state index in [0.29, 0.717) is 0 Å². The fraction of sp³-hybridized carbons (Fsp3) is 0.400. The second kappa shape index (κ2) is 6.00. The average molecular weight is 312 g/mol. The van der Waals surface area contributed by atoms with E-state index in [4.69, 9.17) is 0 Å². The van der Waals surface area contributed by atoms with Gasteiger partial charge in [-0.3, -0.25) is 4.98 Å². The van der Waals surface area contributed by atoms with Crippen molar-refractivity contribution in [2.45, 2.75) is 18.7 Å². The zero-order valence-corrected chi connectivity index (χ0v) is 10.4. The summed E-state index contributed by atoms with van der Waals surface area (Å²) < 4.78 is 43.4. The first-order valence-corrected chi connectivity index (χ1v) is 5.83. The molecule has 1 aromatic heterocycles. The molecular weight excluding hydrogens is 303 g/mol. The Kier molecular flexibility index (Phi) is 4.92. The molecule has 0 saturated carbocycles. The first kappa shape index (κ1) is 14.0. The van der Waals surface area contributed by atoms with Gasteiger partial charge in [0.25, 0.3) is 6.43 Å². The van der Waals surface area contributed by atoms with Crippen LogP contribution < -0.4 is 0 Å². The van der Waals surface area contributed by atoms with Crippen LogP contribution in [0.4, 0.5) is 13.2 Å². The zero-order chi connectivity index (χ0) is 13.0. The lowest BCUT2D eigenvalue weighted by Crippen LogP contribution is -2.12. The Labute approximate surface area is 104 Å². The van der Waals surface area contributed by atoms with Crippen LogP contribution in [0.25, 0.3) is 0 Å². The van der Waals surface area contributed by atoms with E-state index in [9.17, 15) is 18.0 Å². The van der Waals surface area contributed by atoms with E-state index in [1.54, 1.807) is 6.92 Å². The highest BCUT2D eigenvalue weighted by molar-refractivity contribution is 9.08. The highest BCUT2D eigenvalue weighted by Gasteiger charge is 2.23. The van der Waals surface area contributed by atoms with Crippen molar-refractivity contribution >= 4 is 21.9 Å². The fourth-order valence-electron chi connectivity index (χ4n) is 1.21. The van der Waals surface area contributed by atoms with Gasteiger partial charge in [0, 0.05) is 17.1 Å². The van der Waals surface area contributed by atoms with E-state index in [1.165, 1.54) is 0 Å². The standard InChI is InChI=1S/C10H9BrF3NO2/c1-2-17-10(16)6-4-15-8(9(13)14)5(3-11)7(6)12/h4,9H,2-3H2,1H3. The Morgan fingerprint density at radius 3 is 2.71 bits per heavy atom. The van der Waals surface area contributed by atoms with Crippen molar-refractivity contribution in [2.24, 2.45) is 0 Å². The fourth-order valence-corrected chi connectivity index (χ4v) is 1.74. The maximum Gasteiger partial charge on any atom is 0.342 e. The molecule has 3 nitrogen and oxygen atoms in total. The van der Waals surface area contributed by atoms with Crippen LogP contribution in [-0.2, 0) is 10.1 Å². The molecule has 0 aliphatic heterocycles. The molecular formula is C10H9BrF3NO2. The summed E-state index contributed by atoms with van der Waals surface area (Å²) in [5, 5.41) is -0.154. The number of carbonyl (C=O) groups excluding carboxylic acids is 1. The summed E-state index contributed by atoms with van der Waals surface area (Å²) >= 11 is 2.88. The number of hydrogen-bond donors (Lipinski definition) is 0. The van der Waals surface area contributed by atoms with E-state index in [-0.39, 0.29) is 17.5 Å². The first-order valence-electron chi connectivity index (χ1n) is 4.71. The van der Waals surface area contributed by atoms with E-state index < -0.39 is 29.5 Å². The van der Waals surface area contributed by atoms with E-state index >= 15 is 0 Å². The molecule has 94 valence electrons. The van der Waals surface area contributed by atoms with Crippen molar-refractivity contribution in [3.8, 4) is 0 Å². The Hall–Kier alpha value is -1.11. The number of esters is 1. The van der Waals surface area contributed by atoms with Crippen LogP contribution in [-0.4, -0.2) is 17.6 Å². The van der Waals surface area contributed by atoms with E-state index in [1.807, 2.05) is 0 Å². The maximum atomic E-state index is 13.8. The summed E-state index contributed by atoms with van der Waals surface area (Å²) in [7, 11) is 0. The maximum absolute atomic E-state index is 13.8. The molecule has 0 unspecified atom stereocenters. The average Bonchev–Trinajstić information content (AvgIpc) is 2.28. The molecule has 0 aliphatic carbocycles. The minimum atomic E-state index is -2.90. The Bertz CT molecular complexity index is 426. The molecule has 0 bridgehead atoms. The molecule has 0 atom stereocenters. The smallest absolute Gasteiger partial charge is 0.342 e. The van der Waals surface area contributed by atoms with Gasteiger partial charge in [-0.1, -0.05) is 15.9 Å². The Morgan fingerprint density at radius 1 is 1.59 bits per heavy atom. The molecule has 1 rings (SSSR count). The van der Waals surface area contributed by atoms with Crippen molar-refractivity contribution in [3.05, 3.63) is 28.8 Å². The van der Waals surface area contributed by atoms with Crippen molar-refractivity contribution < 1.29 is 22.7 Å². The largest absolute Gasteiger partial charge is 0.462 e. The number of nitrogens with zero attached hydrogens (tertiary/aromatic N) is 1. The van der Waals surface area contributed by atoms with Gasteiger partial charge in [0.1, 0.15) is 17.1 Å². The monoisotopic (exact) mass is 311 g/mol. The lowest BCUT2D eigenvalue weighted by molar-refractivity contribution is 0.0519. The van der Waals surface area contributed by atoms with Gasteiger partial charge >= 0.3 is 5.97 Å². The van der Waals surface area contributed by atoms with Crippen LogP contribution >= 0.6 is 15.9 Å². The number of carbonyl (C=O) groups is 1. The third-order valence-electron chi connectivity index (χ3n) is 1.98. The predicted octanol–water partition coefficient (Wildman–Crippen LogP) is 3.23. The highest BCUT2D eigenvalue weighted by Crippen LogP contribution is 2.26. The summed E-state index contributed by atoms with van der Waals surface area (Å²) in [5.41, 5.74) is -1.44. The summed E-state index contributed by atoms with van der Waals surface area (Å²) in [6.07, 6.45) is -2.13. The molecule has 0 fully saturated rings. The SMILES string of the molecule is CCOC(=O)c1cnc(C(F)F)c(CBr)c1F. The Morgan fingerprint density at radius 2 is 2.24 bits per heavy atom. The number of rotatable bonds is 4. The molecule has 0 spiro atoms. The van der Waals surface area contributed by atoms with E-state index in [2.05, 4.69) is 25.7 Å². The van der Waals surface area contributed by atoms with Crippen LogP contribution in [0.1, 0.15) is 35.0 Å². The third kappa shape index (κ3) is 2.96. The van der Waals surface area contributed by atoms with E-state index in [0.717, 1.165) is 6.20 Å². The number of hydrogen-bond acceptors (Lipinski definition) is 3. The summed E-state index contributed by atoms with van der Waals surface area (Å²) in [6, 6.07) is 0. The topological polar surface area (TPSA) is 39.2 Å².